The summed E-state index contributed by atoms with van der Waals surface area (Å²) in [5.74, 6) is 0.0811. The van der Waals surface area contributed by atoms with Gasteiger partial charge in [0.25, 0.3) is 0 Å². The van der Waals surface area contributed by atoms with Gasteiger partial charge < -0.3 is 15.0 Å². The number of morpholine rings is 1. The number of hydrogen-bond donors (Lipinski definition) is 2. The van der Waals surface area contributed by atoms with E-state index in [1.54, 1.807) is 0 Å². The van der Waals surface area contributed by atoms with Gasteiger partial charge in [0.2, 0.25) is 5.91 Å². The van der Waals surface area contributed by atoms with Crippen molar-refractivity contribution < 1.29 is 9.53 Å². The van der Waals surface area contributed by atoms with Gasteiger partial charge in [0.05, 0.1) is 13.2 Å². The standard InChI is InChI=1S/C11H22N4O2/c1-14-3-5-15(6-4-14)13-11(16)8-10-9-17-7-2-12-10/h10,12H,2-9H2,1H3,(H,13,16). The normalized spacial score (nSPS) is 27.9. The Hall–Kier alpha value is -0.690. The summed E-state index contributed by atoms with van der Waals surface area (Å²) in [4.78, 5) is 14.1. The van der Waals surface area contributed by atoms with E-state index in [0.29, 0.717) is 13.0 Å². The fraction of sp³-hybridized carbons (Fsp3) is 0.909. The number of hydrogen-bond acceptors (Lipinski definition) is 5. The van der Waals surface area contributed by atoms with Crippen LogP contribution in [-0.4, -0.2) is 74.8 Å². The van der Waals surface area contributed by atoms with Crippen molar-refractivity contribution in [2.45, 2.75) is 12.5 Å². The molecule has 2 saturated heterocycles. The number of rotatable bonds is 3. The van der Waals surface area contributed by atoms with Crippen molar-refractivity contribution in [3.8, 4) is 0 Å². The van der Waals surface area contributed by atoms with Crippen LogP contribution in [0.5, 0.6) is 0 Å². The van der Waals surface area contributed by atoms with Crippen molar-refractivity contribution in [1.82, 2.24) is 20.7 Å². The molecule has 6 heteroatoms. The van der Waals surface area contributed by atoms with Crippen molar-refractivity contribution in [3.05, 3.63) is 0 Å². The molecule has 1 amide bonds. The van der Waals surface area contributed by atoms with Crippen LogP contribution in [0.2, 0.25) is 0 Å². The van der Waals surface area contributed by atoms with E-state index in [0.717, 1.165) is 39.3 Å². The van der Waals surface area contributed by atoms with Gasteiger partial charge in [-0.3, -0.25) is 10.2 Å². The highest BCUT2D eigenvalue weighted by atomic mass is 16.5. The highest BCUT2D eigenvalue weighted by Crippen LogP contribution is 2.00. The number of ether oxygens (including phenoxy) is 1. The largest absolute Gasteiger partial charge is 0.378 e. The van der Waals surface area contributed by atoms with Gasteiger partial charge in [0, 0.05) is 45.2 Å². The van der Waals surface area contributed by atoms with Gasteiger partial charge in [0.1, 0.15) is 0 Å². The van der Waals surface area contributed by atoms with Crippen LogP contribution >= 0.6 is 0 Å². The number of amides is 1. The quantitative estimate of drug-likeness (QED) is 0.640. The van der Waals surface area contributed by atoms with E-state index in [1.807, 2.05) is 5.01 Å². The molecule has 0 spiro atoms. The van der Waals surface area contributed by atoms with Crippen LogP contribution in [0.4, 0.5) is 0 Å². The number of likely N-dealkylation sites (N-methyl/N-ethyl adjacent to an activating group) is 1. The summed E-state index contributed by atoms with van der Waals surface area (Å²) in [5, 5.41) is 5.29. The van der Waals surface area contributed by atoms with Crippen LogP contribution in [-0.2, 0) is 9.53 Å². The first-order chi connectivity index (χ1) is 8.24. The summed E-state index contributed by atoms with van der Waals surface area (Å²) in [7, 11) is 2.10. The smallest absolute Gasteiger partial charge is 0.235 e. The van der Waals surface area contributed by atoms with E-state index < -0.39 is 0 Å². The van der Waals surface area contributed by atoms with Gasteiger partial charge in [-0.2, -0.15) is 0 Å². The van der Waals surface area contributed by atoms with Crippen molar-refractivity contribution in [3.63, 3.8) is 0 Å². The summed E-state index contributed by atoms with van der Waals surface area (Å²) in [6.07, 6.45) is 0.492. The zero-order chi connectivity index (χ0) is 12.1. The number of carbonyl (C=O) groups is 1. The monoisotopic (exact) mass is 242 g/mol. The van der Waals surface area contributed by atoms with Gasteiger partial charge in [0.15, 0.2) is 0 Å². The maximum atomic E-state index is 11.8. The van der Waals surface area contributed by atoms with E-state index in [-0.39, 0.29) is 11.9 Å². The Morgan fingerprint density at radius 2 is 2.18 bits per heavy atom. The van der Waals surface area contributed by atoms with Crippen molar-refractivity contribution in [2.24, 2.45) is 0 Å². The highest BCUT2D eigenvalue weighted by Gasteiger charge is 2.20. The second-order valence-corrected chi connectivity index (χ2v) is 4.76. The van der Waals surface area contributed by atoms with Gasteiger partial charge in [-0.25, -0.2) is 5.01 Å². The van der Waals surface area contributed by atoms with Crippen molar-refractivity contribution in [1.29, 1.82) is 0 Å². The summed E-state index contributed by atoms with van der Waals surface area (Å²) in [6.45, 7) is 6.03. The lowest BCUT2D eigenvalue weighted by molar-refractivity contribution is -0.127. The van der Waals surface area contributed by atoms with Crippen molar-refractivity contribution >= 4 is 5.91 Å². The Morgan fingerprint density at radius 3 is 2.82 bits per heavy atom. The summed E-state index contributed by atoms with van der Waals surface area (Å²) in [6, 6.07) is 0.163. The Morgan fingerprint density at radius 1 is 1.41 bits per heavy atom. The predicted octanol–water partition coefficient (Wildman–Crippen LogP) is -1.36. The topological polar surface area (TPSA) is 56.8 Å². The van der Waals surface area contributed by atoms with Gasteiger partial charge in [-0.15, -0.1) is 0 Å². The number of hydrazine groups is 1. The van der Waals surface area contributed by atoms with E-state index in [2.05, 4.69) is 22.7 Å². The molecule has 2 fully saturated rings. The maximum Gasteiger partial charge on any atom is 0.235 e. The summed E-state index contributed by atoms with van der Waals surface area (Å²) < 4.78 is 5.32. The molecule has 2 N–H and O–H groups in total. The average molecular weight is 242 g/mol. The van der Waals surface area contributed by atoms with Crippen molar-refractivity contribution in [2.75, 3.05) is 53.0 Å². The third kappa shape index (κ3) is 4.23. The molecule has 0 aromatic rings. The second-order valence-electron chi connectivity index (χ2n) is 4.76. The first kappa shape index (κ1) is 12.8. The molecule has 0 aromatic carbocycles. The van der Waals surface area contributed by atoms with E-state index in [9.17, 15) is 4.79 Å². The number of carbonyl (C=O) groups excluding carboxylic acids is 1. The van der Waals surface area contributed by atoms with Crippen LogP contribution in [0.15, 0.2) is 0 Å². The fourth-order valence-electron chi connectivity index (χ4n) is 2.11. The molecule has 98 valence electrons. The Bertz CT molecular complexity index is 248. The maximum absolute atomic E-state index is 11.8. The minimum atomic E-state index is 0.0811. The molecule has 2 rings (SSSR count). The van der Waals surface area contributed by atoms with E-state index in [1.165, 1.54) is 0 Å². The van der Waals surface area contributed by atoms with Crippen LogP contribution in [0.1, 0.15) is 6.42 Å². The fourth-order valence-corrected chi connectivity index (χ4v) is 2.11. The van der Waals surface area contributed by atoms with Crippen LogP contribution < -0.4 is 10.7 Å². The molecule has 1 atom stereocenters. The van der Waals surface area contributed by atoms with Crippen LogP contribution in [0, 0.1) is 0 Å². The zero-order valence-corrected chi connectivity index (χ0v) is 10.4. The van der Waals surface area contributed by atoms with E-state index >= 15 is 0 Å². The molecule has 0 radical (unpaired) electrons. The molecule has 0 saturated carbocycles. The number of nitrogens with zero attached hydrogens (tertiary/aromatic N) is 2. The Balaban J connectivity index is 1.66. The minimum absolute atomic E-state index is 0.0811. The third-order valence-corrected chi connectivity index (χ3v) is 3.22. The number of piperazine rings is 1. The molecule has 1 unspecified atom stereocenters. The van der Waals surface area contributed by atoms with Gasteiger partial charge >= 0.3 is 0 Å². The molecule has 17 heavy (non-hydrogen) atoms. The van der Waals surface area contributed by atoms with Gasteiger partial charge in [-0.1, -0.05) is 0 Å². The summed E-state index contributed by atoms with van der Waals surface area (Å²) in [5.41, 5.74) is 2.96. The van der Waals surface area contributed by atoms with Crippen LogP contribution in [0.3, 0.4) is 0 Å². The molecule has 2 heterocycles. The molecule has 0 aromatic heterocycles. The Labute approximate surface area is 102 Å². The molecule has 2 aliphatic heterocycles. The Kier molecular flexibility index (Phi) is 4.73. The lowest BCUT2D eigenvalue weighted by atomic mass is 10.2. The molecule has 0 bridgehead atoms. The average Bonchev–Trinajstić information content (AvgIpc) is 2.33. The van der Waals surface area contributed by atoms with Gasteiger partial charge in [-0.05, 0) is 7.05 Å². The second kappa shape index (κ2) is 6.30. The lowest BCUT2D eigenvalue weighted by Crippen LogP contribution is -2.54. The minimum Gasteiger partial charge on any atom is -0.378 e. The molecule has 6 nitrogen and oxygen atoms in total. The first-order valence-electron chi connectivity index (χ1n) is 6.28. The van der Waals surface area contributed by atoms with Crippen LogP contribution in [0.25, 0.3) is 0 Å². The molecule has 2 aliphatic rings. The first-order valence-corrected chi connectivity index (χ1v) is 6.28. The SMILES string of the molecule is CN1CCN(NC(=O)CC2COCCN2)CC1. The molecular formula is C11H22N4O2. The molecule has 0 aliphatic carbocycles. The lowest BCUT2D eigenvalue weighted by Gasteiger charge is -2.33. The third-order valence-electron chi connectivity index (χ3n) is 3.22. The van der Waals surface area contributed by atoms with E-state index in [4.69, 9.17) is 4.74 Å². The highest BCUT2D eigenvalue weighted by molar-refractivity contribution is 5.76. The zero-order valence-electron chi connectivity index (χ0n) is 10.4. The number of nitrogens with one attached hydrogen (secondary N) is 2. The summed E-state index contributed by atoms with van der Waals surface area (Å²) >= 11 is 0. The predicted molar refractivity (Wildman–Crippen MR) is 64.4 cm³/mol. The molecular weight excluding hydrogens is 220 g/mol.